The molecule has 1 aliphatic heterocycles. The second-order valence-electron chi connectivity index (χ2n) is 4.98. The van der Waals surface area contributed by atoms with Crippen molar-refractivity contribution in [1.29, 1.82) is 0 Å². The SMILES string of the molecule is O=C(O)C1CCCN(C(=O)NCCCn2cccn2)C1. The van der Waals surface area contributed by atoms with Gasteiger partial charge in [-0.25, -0.2) is 4.79 Å². The summed E-state index contributed by atoms with van der Waals surface area (Å²) in [6, 6.07) is 1.69. The lowest BCUT2D eigenvalue weighted by atomic mass is 9.99. The van der Waals surface area contributed by atoms with Crippen LogP contribution in [-0.4, -0.2) is 51.4 Å². The van der Waals surface area contributed by atoms with Gasteiger partial charge in [-0.05, 0) is 25.3 Å². The molecule has 0 spiro atoms. The Morgan fingerprint density at radius 3 is 3.00 bits per heavy atom. The number of carbonyl (C=O) groups is 2. The van der Waals surface area contributed by atoms with Crippen molar-refractivity contribution < 1.29 is 14.7 Å². The maximum absolute atomic E-state index is 11.9. The van der Waals surface area contributed by atoms with Crippen molar-refractivity contribution in [1.82, 2.24) is 20.0 Å². The quantitative estimate of drug-likeness (QED) is 0.780. The van der Waals surface area contributed by atoms with Crippen LogP contribution in [0, 0.1) is 5.92 Å². The fourth-order valence-corrected chi connectivity index (χ4v) is 2.34. The van der Waals surface area contributed by atoms with Gasteiger partial charge in [0, 0.05) is 38.6 Å². The van der Waals surface area contributed by atoms with Crippen LogP contribution in [0.5, 0.6) is 0 Å². The molecule has 2 heterocycles. The van der Waals surface area contributed by atoms with Crippen molar-refractivity contribution in [2.45, 2.75) is 25.8 Å². The smallest absolute Gasteiger partial charge is 0.317 e. The molecule has 1 atom stereocenters. The number of carbonyl (C=O) groups excluding carboxylic acids is 1. The van der Waals surface area contributed by atoms with Crippen molar-refractivity contribution in [3.63, 3.8) is 0 Å². The van der Waals surface area contributed by atoms with Gasteiger partial charge in [-0.2, -0.15) is 5.10 Å². The Balaban J connectivity index is 1.67. The summed E-state index contributed by atoms with van der Waals surface area (Å²) in [4.78, 5) is 24.5. The Bertz CT molecular complexity index is 446. The number of carboxylic acid groups (broad SMARTS) is 1. The van der Waals surface area contributed by atoms with E-state index in [0.29, 0.717) is 26.1 Å². The van der Waals surface area contributed by atoms with E-state index in [4.69, 9.17) is 5.11 Å². The molecule has 0 saturated carbocycles. The highest BCUT2D eigenvalue weighted by atomic mass is 16.4. The number of aromatic nitrogens is 2. The molecular formula is C13H20N4O3. The number of hydrogen-bond donors (Lipinski definition) is 2. The molecule has 1 aromatic heterocycles. The number of carboxylic acids is 1. The predicted molar refractivity (Wildman–Crippen MR) is 72.2 cm³/mol. The molecule has 1 unspecified atom stereocenters. The molecule has 1 aromatic rings. The van der Waals surface area contributed by atoms with Gasteiger partial charge in [0.25, 0.3) is 0 Å². The second-order valence-corrected chi connectivity index (χ2v) is 4.98. The third kappa shape index (κ3) is 3.97. The van der Waals surface area contributed by atoms with E-state index < -0.39 is 11.9 Å². The summed E-state index contributed by atoms with van der Waals surface area (Å²) in [5.74, 6) is -1.25. The van der Waals surface area contributed by atoms with E-state index in [9.17, 15) is 9.59 Å². The highest BCUT2D eigenvalue weighted by Gasteiger charge is 2.27. The van der Waals surface area contributed by atoms with Gasteiger partial charge >= 0.3 is 12.0 Å². The van der Waals surface area contributed by atoms with E-state index >= 15 is 0 Å². The van der Waals surface area contributed by atoms with Crippen LogP contribution >= 0.6 is 0 Å². The molecule has 2 N–H and O–H groups in total. The summed E-state index contributed by atoms with van der Waals surface area (Å²) < 4.78 is 1.81. The highest BCUT2D eigenvalue weighted by Crippen LogP contribution is 2.16. The van der Waals surface area contributed by atoms with Crippen LogP contribution < -0.4 is 5.32 Å². The van der Waals surface area contributed by atoms with Gasteiger partial charge in [0.2, 0.25) is 0 Å². The summed E-state index contributed by atoms with van der Waals surface area (Å²) in [5, 5.41) is 15.9. The monoisotopic (exact) mass is 280 g/mol. The molecule has 2 amide bonds. The maximum atomic E-state index is 11.9. The van der Waals surface area contributed by atoms with Crippen molar-refractivity contribution in [2.24, 2.45) is 5.92 Å². The topological polar surface area (TPSA) is 87.5 Å². The molecule has 0 aromatic carbocycles. The van der Waals surface area contributed by atoms with Gasteiger partial charge in [0.15, 0.2) is 0 Å². The highest BCUT2D eigenvalue weighted by molar-refractivity contribution is 5.76. The third-order valence-corrected chi connectivity index (χ3v) is 3.46. The summed E-state index contributed by atoms with van der Waals surface area (Å²) in [5.41, 5.74) is 0. The third-order valence-electron chi connectivity index (χ3n) is 3.46. The molecule has 1 aliphatic rings. The Morgan fingerprint density at radius 1 is 1.45 bits per heavy atom. The number of hydrogen-bond acceptors (Lipinski definition) is 3. The van der Waals surface area contributed by atoms with Gasteiger partial charge in [0.05, 0.1) is 5.92 Å². The van der Waals surface area contributed by atoms with E-state index in [-0.39, 0.29) is 6.03 Å². The van der Waals surface area contributed by atoms with Crippen molar-refractivity contribution >= 4 is 12.0 Å². The second kappa shape index (κ2) is 6.93. The number of amides is 2. The van der Waals surface area contributed by atoms with Crippen LogP contribution in [0.25, 0.3) is 0 Å². The lowest BCUT2D eigenvalue weighted by Gasteiger charge is -2.30. The lowest BCUT2D eigenvalue weighted by Crippen LogP contribution is -2.47. The standard InChI is InChI=1S/C13H20N4O3/c18-12(19)11-4-1-7-16(10-11)13(20)14-5-2-8-17-9-3-6-15-17/h3,6,9,11H,1-2,4-5,7-8,10H2,(H,14,20)(H,18,19). The minimum absolute atomic E-state index is 0.170. The normalized spacial score (nSPS) is 18.8. The van der Waals surface area contributed by atoms with Gasteiger partial charge in [0.1, 0.15) is 0 Å². The van der Waals surface area contributed by atoms with Crippen molar-refractivity contribution in [2.75, 3.05) is 19.6 Å². The first-order chi connectivity index (χ1) is 9.66. The zero-order valence-corrected chi connectivity index (χ0v) is 11.4. The van der Waals surface area contributed by atoms with Crippen molar-refractivity contribution in [3.8, 4) is 0 Å². The number of nitrogens with zero attached hydrogens (tertiary/aromatic N) is 3. The number of nitrogens with one attached hydrogen (secondary N) is 1. The van der Waals surface area contributed by atoms with Gasteiger partial charge in [-0.3, -0.25) is 9.48 Å². The number of urea groups is 1. The molecule has 0 bridgehead atoms. The lowest BCUT2D eigenvalue weighted by molar-refractivity contribution is -0.143. The van der Waals surface area contributed by atoms with Gasteiger partial charge < -0.3 is 15.3 Å². The summed E-state index contributed by atoms with van der Waals surface area (Å²) in [7, 11) is 0. The van der Waals surface area contributed by atoms with Gasteiger partial charge in [-0.1, -0.05) is 0 Å². The largest absolute Gasteiger partial charge is 0.481 e. The van der Waals surface area contributed by atoms with E-state index in [1.165, 1.54) is 0 Å². The molecule has 110 valence electrons. The molecular weight excluding hydrogens is 260 g/mol. The number of likely N-dealkylation sites (tertiary alicyclic amines) is 1. The number of piperidine rings is 1. The molecule has 20 heavy (non-hydrogen) atoms. The zero-order chi connectivity index (χ0) is 14.4. The average Bonchev–Trinajstić information content (AvgIpc) is 2.96. The Labute approximate surface area is 117 Å². The predicted octanol–water partition coefficient (Wildman–Crippen LogP) is 0.779. The van der Waals surface area contributed by atoms with Crippen molar-refractivity contribution in [3.05, 3.63) is 18.5 Å². The van der Waals surface area contributed by atoms with Gasteiger partial charge in [-0.15, -0.1) is 0 Å². The number of rotatable bonds is 5. The van der Waals surface area contributed by atoms with Crippen LogP contribution in [0.15, 0.2) is 18.5 Å². The molecule has 2 rings (SSSR count). The van der Waals surface area contributed by atoms with Crippen LogP contribution in [-0.2, 0) is 11.3 Å². The van der Waals surface area contributed by atoms with E-state index in [0.717, 1.165) is 19.4 Å². The first-order valence-electron chi connectivity index (χ1n) is 6.90. The van der Waals surface area contributed by atoms with E-state index in [1.54, 1.807) is 11.1 Å². The first kappa shape index (κ1) is 14.4. The molecule has 7 nitrogen and oxygen atoms in total. The minimum Gasteiger partial charge on any atom is -0.481 e. The summed E-state index contributed by atoms with van der Waals surface area (Å²) in [6.07, 6.45) is 5.79. The zero-order valence-electron chi connectivity index (χ0n) is 11.4. The molecule has 7 heteroatoms. The minimum atomic E-state index is -0.818. The molecule has 0 radical (unpaired) electrons. The number of aryl methyl sites for hydroxylation is 1. The number of aliphatic carboxylic acids is 1. The average molecular weight is 280 g/mol. The fourth-order valence-electron chi connectivity index (χ4n) is 2.34. The fraction of sp³-hybridized carbons (Fsp3) is 0.615. The Kier molecular flexibility index (Phi) is 4.97. The van der Waals surface area contributed by atoms with Crippen LogP contribution in [0.3, 0.4) is 0 Å². The van der Waals surface area contributed by atoms with Crippen LogP contribution in [0.2, 0.25) is 0 Å². The molecule has 1 fully saturated rings. The van der Waals surface area contributed by atoms with Crippen LogP contribution in [0.1, 0.15) is 19.3 Å². The summed E-state index contributed by atoms with van der Waals surface area (Å²) >= 11 is 0. The first-order valence-corrected chi connectivity index (χ1v) is 6.90. The summed E-state index contributed by atoms with van der Waals surface area (Å²) in [6.45, 7) is 2.26. The molecule has 1 saturated heterocycles. The maximum Gasteiger partial charge on any atom is 0.317 e. The van der Waals surface area contributed by atoms with Crippen LogP contribution in [0.4, 0.5) is 4.79 Å². The molecule has 0 aliphatic carbocycles. The van der Waals surface area contributed by atoms with E-state index in [1.807, 2.05) is 16.9 Å². The Hall–Kier alpha value is -2.05. The Morgan fingerprint density at radius 2 is 2.30 bits per heavy atom. The van der Waals surface area contributed by atoms with E-state index in [2.05, 4.69) is 10.4 Å².